The molecule has 158 valence electrons. The highest BCUT2D eigenvalue weighted by Crippen LogP contribution is 2.27. The first-order chi connectivity index (χ1) is 14.3. The summed E-state index contributed by atoms with van der Waals surface area (Å²) >= 11 is 0. The first-order valence-corrected chi connectivity index (χ1v) is 10.1. The van der Waals surface area contributed by atoms with E-state index < -0.39 is 0 Å². The summed E-state index contributed by atoms with van der Waals surface area (Å²) in [4.78, 5) is 28.8. The van der Waals surface area contributed by atoms with Gasteiger partial charge in [0.2, 0.25) is 0 Å². The lowest BCUT2D eigenvalue weighted by Crippen LogP contribution is -2.39. The van der Waals surface area contributed by atoms with Gasteiger partial charge in [-0.15, -0.1) is 5.10 Å². The third-order valence-electron chi connectivity index (χ3n) is 5.46. The lowest BCUT2D eigenvalue weighted by Gasteiger charge is -2.29. The molecule has 0 saturated heterocycles. The highest BCUT2D eigenvalue weighted by atomic mass is 16.2. The number of nitrogens with zero attached hydrogens (tertiary/aromatic N) is 6. The van der Waals surface area contributed by atoms with E-state index in [-0.39, 0.29) is 29.0 Å². The van der Waals surface area contributed by atoms with E-state index in [1.807, 2.05) is 0 Å². The van der Waals surface area contributed by atoms with Gasteiger partial charge in [0.25, 0.3) is 11.5 Å². The van der Waals surface area contributed by atoms with Crippen molar-refractivity contribution in [1.29, 1.82) is 0 Å². The Kier molecular flexibility index (Phi) is 5.23. The summed E-state index contributed by atoms with van der Waals surface area (Å²) < 4.78 is 3.05. The van der Waals surface area contributed by atoms with Crippen molar-refractivity contribution in [2.75, 3.05) is 0 Å². The van der Waals surface area contributed by atoms with Gasteiger partial charge < -0.3 is 5.32 Å². The predicted molar refractivity (Wildman–Crippen MR) is 109 cm³/mol. The molecular weight excluding hydrogens is 384 g/mol. The van der Waals surface area contributed by atoms with Gasteiger partial charge in [-0.05, 0) is 37.8 Å². The van der Waals surface area contributed by atoms with Gasteiger partial charge in [-0.25, -0.2) is 14.3 Å². The minimum absolute atomic E-state index is 0.00741. The quantitative estimate of drug-likeness (QED) is 0.675. The number of aromatic amines is 1. The van der Waals surface area contributed by atoms with E-state index in [1.54, 1.807) is 18.5 Å². The smallest absolute Gasteiger partial charge is 0.271 e. The number of hydrogen-bond acceptors (Lipinski definition) is 6. The lowest BCUT2D eigenvalue weighted by molar-refractivity contribution is 0.0916. The average Bonchev–Trinajstić information content (AvgIpc) is 3.41. The Morgan fingerprint density at radius 2 is 1.97 bits per heavy atom. The maximum atomic E-state index is 12.6. The Bertz CT molecular complexity index is 1070. The fourth-order valence-corrected chi connectivity index (χ4v) is 3.67. The van der Waals surface area contributed by atoms with E-state index in [2.05, 4.69) is 51.5 Å². The zero-order valence-corrected chi connectivity index (χ0v) is 17.4. The van der Waals surface area contributed by atoms with Crippen LogP contribution in [0.1, 0.15) is 68.7 Å². The molecule has 0 radical (unpaired) electrons. The maximum Gasteiger partial charge on any atom is 0.271 e. The number of rotatable bonds is 4. The summed E-state index contributed by atoms with van der Waals surface area (Å²) in [5.74, 6) is 0.379. The molecule has 0 spiro atoms. The van der Waals surface area contributed by atoms with E-state index in [0.29, 0.717) is 11.5 Å². The zero-order valence-electron chi connectivity index (χ0n) is 17.4. The summed E-state index contributed by atoms with van der Waals surface area (Å²) in [7, 11) is 0. The third-order valence-corrected chi connectivity index (χ3v) is 5.46. The molecule has 10 nitrogen and oxygen atoms in total. The molecule has 0 unspecified atom stereocenters. The third kappa shape index (κ3) is 4.17. The number of carbonyl (C=O) groups excluding carboxylic acids is 1. The van der Waals surface area contributed by atoms with Crippen LogP contribution < -0.4 is 10.9 Å². The molecule has 0 aliphatic heterocycles. The van der Waals surface area contributed by atoms with Crippen LogP contribution in [0.3, 0.4) is 0 Å². The van der Waals surface area contributed by atoms with Crippen LogP contribution >= 0.6 is 0 Å². The van der Waals surface area contributed by atoms with Crippen molar-refractivity contribution in [3.63, 3.8) is 0 Å². The van der Waals surface area contributed by atoms with Crippen LogP contribution in [0.5, 0.6) is 0 Å². The van der Waals surface area contributed by atoms with Gasteiger partial charge in [-0.3, -0.25) is 14.7 Å². The van der Waals surface area contributed by atoms with Crippen molar-refractivity contribution in [1.82, 2.24) is 40.1 Å². The van der Waals surface area contributed by atoms with Crippen LogP contribution in [0, 0.1) is 0 Å². The Balaban J connectivity index is 1.38. The second kappa shape index (κ2) is 7.85. The lowest BCUT2D eigenvalue weighted by atomic mass is 9.91. The topological polar surface area (TPSA) is 123 Å². The normalized spacial score (nSPS) is 19.6. The van der Waals surface area contributed by atoms with Crippen LogP contribution in [0.15, 0.2) is 35.6 Å². The SMILES string of the molecule is CC(C)(C)c1cc(C(=O)NC2CCC(n3nc(-n4cncn4)ccc3=O)CC2)n[nH]1. The molecule has 2 N–H and O–H groups in total. The number of nitrogens with one attached hydrogen (secondary N) is 2. The summed E-state index contributed by atoms with van der Waals surface area (Å²) in [5, 5.41) is 18.7. The molecule has 10 heteroatoms. The monoisotopic (exact) mass is 410 g/mol. The van der Waals surface area contributed by atoms with Crippen molar-refractivity contribution in [2.45, 2.75) is 64.0 Å². The summed E-state index contributed by atoms with van der Waals surface area (Å²) in [6, 6.07) is 4.99. The molecule has 1 fully saturated rings. The number of carbonyl (C=O) groups is 1. The largest absolute Gasteiger partial charge is 0.348 e. The number of amides is 1. The van der Waals surface area contributed by atoms with Gasteiger partial charge >= 0.3 is 0 Å². The molecule has 1 saturated carbocycles. The molecule has 1 amide bonds. The summed E-state index contributed by atoms with van der Waals surface area (Å²) in [6.45, 7) is 6.20. The second-order valence-electron chi connectivity index (χ2n) is 8.71. The van der Waals surface area contributed by atoms with Gasteiger partial charge in [-0.1, -0.05) is 20.8 Å². The standard InChI is InChI=1S/C20H26N8O2/c1-20(2,3)16-10-15(24-25-16)19(30)23-13-4-6-14(7-5-13)28-18(29)9-8-17(26-28)27-12-21-11-22-27/h8-14H,4-7H2,1-3H3,(H,23,30)(H,24,25). The van der Waals surface area contributed by atoms with Crippen molar-refractivity contribution in [2.24, 2.45) is 0 Å². The maximum absolute atomic E-state index is 12.6. The van der Waals surface area contributed by atoms with Gasteiger partial charge in [0, 0.05) is 23.2 Å². The Hall–Kier alpha value is -3.30. The van der Waals surface area contributed by atoms with Crippen LogP contribution in [0.4, 0.5) is 0 Å². The summed E-state index contributed by atoms with van der Waals surface area (Å²) in [6.07, 6.45) is 6.03. The van der Waals surface area contributed by atoms with Crippen molar-refractivity contribution in [3.8, 4) is 5.82 Å². The highest BCUT2D eigenvalue weighted by molar-refractivity contribution is 5.92. The molecule has 1 aliphatic rings. The molecule has 1 aliphatic carbocycles. The Morgan fingerprint density at radius 3 is 2.60 bits per heavy atom. The van der Waals surface area contributed by atoms with E-state index in [1.165, 1.54) is 21.8 Å². The van der Waals surface area contributed by atoms with Gasteiger partial charge in [0.1, 0.15) is 18.3 Å². The van der Waals surface area contributed by atoms with Crippen LogP contribution in [0.25, 0.3) is 5.82 Å². The van der Waals surface area contributed by atoms with Crippen LogP contribution in [-0.2, 0) is 5.41 Å². The second-order valence-corrected chi connectivity index (χ2v) is 8.71. The summed E-state index contributed by atoms with van der Waals surface area (Å²) in [5.41, 5.74) is 1.09. The predicted octanol–water partition coefficient (Wildman–Crippen LogP) is 1.76. The number of hydrogen-bond donors (Lipinski definition) is 2. The van der Waals surface area contributed by atoms with Crippen molar-refractivity contribution < 1.29 is 4.79 Å². The van der Waals surface area contributed by atoms with Crippen LogP contribution in [-0.4, -0.2) is 46.7 Å². The minimum Gasteiger partial charge on any atom is -0.348 e. The highest BCUT2D eigenvalue weighted by Gasteiger charge is 2.26. The average molecular weight is 410 g/mol. The Morgan fingerprint density at radius 1 is 1.20 bits per heavy atom. The molecule has 0 bridgehead atoms. The molecule has 3 aromatic heterocycles. The van der Waals surface area contributed by atoms with Gasteiger partial charge in [0.05, 0.1) is 6.04 Å². The number of H-pyrrole nitrogens is 1. The Labute approximate surface area is 173 Å². The zero-order chi connectivity index (χ0) is 21.3. The molecule has 4 rings (SSSR count). The van der Waals surface area contributed by atoms with Gasteiger partial charge in [-0.2, -0.15) is 10.2 Å². The molecule has 0 aromatic carbocycles. The fraction of sp³-hybridized carbons (Fsp3) is 0.500. The molecule has 30 heavy (non-hydrogen) atoms. The van der Waals surface area contributed by atoms with Crippen molar-refractivity contribution >= 4 is 5.91 Å². The first kappa shape index (κ1) is 20.0. The van der Waals surface area contributed by atoms with E-state index in [0.717, 1.165) is 31.4 Å². The molecular formula is C20H26N8O2. The fourth-order valence-electron chi connectivity index (χ4n) is 3.67. The minimum atomic E-state index is -0.173. The van der Waals surface area contributed by atoms with E-state index in [4.69, 9.17) is 0 Å². The number of aromatic nitrogens is 7. The van der Waals surface area contributed by atoms with E-state index in [9.17, 15) is 9.59 Å². The molecule has 3 aromatic rings. The first-order valence-electron chi connectivity index (χ1n) is 10.1. The van der Waals surface area contributed by atoms with E-state index >= 15 is 0 Å². The van der Waals surface area contributed by atoms with Crippen molar-refractivity contribution in [3.05, 3.63) is 52.6 Å². The molecule has 3 heterocycles. The molecule has 0 atom stereocenters. The van der Waals surface area contributed by atoms with Crippen LogP contribution in [0.2, 0.25) is 0 Å². The van der Waals surface area contributed by atoms with Gasteiger partial charge in [0.15, 0.2) is 5.82 Å².